The molecule has 0 spiro atoms. The van der Waals surface area contributed by atoms with Gasteiger partial charge in [0, 0.05) is 25.9 Å². The first-order chi connectivity index (χ1) is 15.5. The topological polar surface area (TPSA) is 88.8 Å². The van der Waals surface area contributed by atoms with Crippen LogP contribution in [0.5, 0.6) is 0 Å². The molecule has 0 radical (unpaired) electrons. The minimum atomic E-state index is -4.46. The zero-order valence-electron chi connectivity index (χ0n) is 18.7. The van der Waals surface area contributed by atoms with Crippen LogP contribution in [0.1, 0.15) is 48.2 Å². The van der Waals surface area contributed by atoms with E-state index < -0.39 is 11.9 Å². The minimum absolute atomic E-state index is 0.0887. The van der Waals surface area contributed by atoms with Crippen LogP contribution < -0.4 is 10.2 Å². The Labute approximate surface area is 188 Å². The van der Waals surface area contributed by atoms with Crippen LogP contribution in [-0.2, 0) is 23.8 Å². The average Bonchev–Trinajstić information content (AvgIpc) is 3.25. The maximum Gasteiger partial charge on any atom is 0.433 e. The lowest BCUT2D eigenvalue weighted by atomic mass is 10.1. The number of nitrogens with one attached hydrogen (secondary N) is 1. The summed E-state index contributed by atoms with van der Waals surface area (Å²) in [6.45, 7) is 5.51. The number of aryl methyl sites for hydroxylation is 3. The molecule has 0 saturated carbocycles. The molecule has 1 unspecified atom stereocenters. The van der Waals surface area contributed by atoms with Crippen LogP contribution in [0, 0.1) is 6.92 Å². The SMILES string of the molecule is Cc1nc(CCc2cnn(C(C)c3ccc(C(F)(F)F)nc3)c2)nc2c1NC(=O)[C@H](C)N2C. The second-order valence-corrected chi connectivity index (χ2v) is 8.18. The number of anilines is 2. The van der Waals surface area contributed by atoms with E-state index >= 15 is 0 Å². The van der Waals surface area contributed by atoms with Crippen molar-refractivity contribution in [1.82, 2.24) is 24.7 Å². The molecule has 11 heteroatoms. The van der Waals surface area contributed by atoms with E-state index in [4.69, 9.17) is 0 Å². The van der Waals surface area contributed by atoms with E-state index in [2.05, 4.69) is 25.4 Å². The van der Waals surface area contributed by atoms with Crippen LogP contribution in [0.15, 0.2) is 30.7 Å². The van der Waals surface area contributed by atoms with Crippen molar-refractivity contribution in [3.05, 3.63) is 59.1 Å². The van der Waals surface area contributed by atoms with Crippen LogP contribution in [0.25, 0.3) is 0 Å². The highest BCUT2D eigenvalue weighted by Gasteiger charge is 2.32. The number of carbonyl (C=O) groups is 1. The molecule has 174 valence electrons. The Balaban J connectivity index is 1.45. The van der Waals surface area contributed by atoms with Gasteiger partial charge in [0.2, 0.25) is 5.91 Å². The summed E-state index contributed by atoms with van der Waals surface area (Å²) in [5.74, 6) is 1.27. The summed E-state index contributed by atoms with van der Waals surface area (Å²) in [6, 6.07) is 1.81. The minimum Gasteiger partial charge on any atom is -0.346 e. The molecule has 1 N–H and O–H groups in total. The highest BCUT2D eigenvalue weighted by molar-refractivity contribution is 6.02. The van der Waals surface area contributed by atoms with Gasteiger partial charge in [-0.25, -0.2) is 9.97 Å². The highest BCUT2D eigenvalue weighted by Crippen LogP contribution is 2.31. The van der Waals surface area contributed by atoms with Gasteiger partial charge in [0.05, 0.1) is 17.9 Å². The lowest BCUT2D eigenvalue weighted by molar-refractivity contribution is -0.141. The van der Waals surface area contributed by atoms with Gasteiger partial charge in [-0.3, -0.25) is 14.5 Å². The zero-order valence-corrected chi connectivity index (χ0v) is 18.7. The standard InChI is InChI=1S/C22H24F3N7O/c1-12-19-20(31(4)14(3)21(33)30-19)29-18(28-12)8-5-15-9-27-32(11-15)13(2)16-6-7-17(26-10-16)22(23,24)25/h6-7,9-11,13-14H,5,8H2,1-4H3,(H,30,33)/t13?,14-/m0/s1. The van der Waals surface area contributed by atoms with Crippen molar-refractivity contribution in [2.45, 2.75) is 51.9 Å². The van der Waals surface area contributed by atoms with Gasteiger partial charge in [0.15, 0.2) is 5.82 Å². The van der Waals surface area contributed by atoms with Gasteiger partial charge in [-0.15, -0.1) is 0 Å². The van der Waals surface area contributed by atoms with Gasteiger partial charge in [-0.1, -0.05) is 6.07 Å². The van der Waals surface area contributed by atoms with Crippen LogP contribution in [-0.4, -0.2) is 43.7 Å². The Kier molecular flexibility index (Phi) is 5.81. The van der Waals surface area contributed by atoms with Gasteiger partial charge in [-0.2, -0.15) is 18.3 Å². The highest BCUT2D eigenvalue weighted by atomic mass is 19.4. The molecular formula is C22H24F3N7O. The van der Waals surface area contributed by atoms with Crippen molar-refractivity contribution in [3.8, 4) is 0 Å². The second-order valence-electron chi connectivity index (χ2n) is 8.18. The molecule has 8 nitrogen and oxygen atoms in total. The fourth-order valence-corrected chi connectivity index (χ4v) is 3.66. The van der Waals surface area contributed by atoms with E-state index in [1.165, 1.54) is 12.3 Å². The lowest BCUT2D eigenvalue weighted by Gasteiger charge is -2.32. The Hall–Kier alpha value is -3.50. The van der Waals surface area contributed by atoms with E-state index in [1.807, 2.05) is 38.9 Å². The molecule has 0 aromatic carbocycles. The smallest absolute Gasteiger partial charge is 0.346 e. The summed E-state index contributed by atoms with van der Waals surface area (Å²) in [5, 5.41) is 7.23. The molecule has 4 rings (SSSR count). The summed E-state index contributed by atoms with van der Waals surface area (Å²) < 4.78 is 39.9. The summed E-state index contributed by atoms with van der Waals surface area (Å²) >= 11 is 0. The van der Waals surface area contributed by atoms with Gasteiger partial charge in [-0.05, 0) is 44.4 Å². The molecule has 2 atom stereocenters. The van der Waals surface area contributed by atoms with Crippen molar-refractivity contribution in [3.63, 3.8) is 0 Å². The Bertz CT molecular complexity index is 1170. The molecule has 1 aliphatic rings. The van der Waals surface area contributed by atoms with E-state index in [0.717, 1.165) is 11.6 Å². The fraction of sp³-hybridized carbons (Fsp3) is 0.409. The van der Waals surface area contributed by atoms with Gasteiger partial charge >= 0.3 is 6.18 Å². The van der Waals surface area contributed by atoms with Crippen molar-refractivity contribution >= 4 is 17.4 Å². The molecular weight excluding hydrogens is 435 g/mol. The molecule has 4 heterocycles. The Morgan fingerprint density at radius 1 is 1.18 bits per heavy atom. The predicted octanol–water partition coefficient (Wildman–Crippen LogP) is 3.57. The van der Waals surface area contributed by atoms with Crippen molar-refractivity contribution in [2.75, 3.05) is 17.3 Å². The van der Waals surface area contributed by atoms with Gasteiger partial charge < -0.3 is 10.2 Å². The lowest BCUT2D eigenvalue weighted by Crippen LogP contribution is -2.45. The summed E-state index contributed by atoms with van der Waals surface area (Å²) in [6.07, 6.45) is 1.58. The molecule has 1 aliphatic heterocycles. The maximum atomic E-state index is 12.7. The normalized spacial score (nSPS) is 17.0. The second kappa shape index (κ2) is 8.45. The molecule has 3 aromatic rings. The maximum absolute atomic E-state index is 12.7. The first-order valence-corrected chi connectivity index (χ1v) is 10.5. The first kappa shape index (κ1) is 22.7. The quantitative estimate of drug-likeness (QED) is 0.628. The Morgan fingerprint density at radius 3 is 2.61 bits per heavy atom. The number of alkyl halides is 3. The number of nitrogens with zero attached hydrogens (tertiary/aromatic N) is 6. The van der Waals surface area contributed by atoms with Crippen LogP contribution >= 0.6 is 0 Å². The van der Waals surface area contributed by atoms with E-state index in [-0.39, 0.29) is 18.0 Å². The van der Waals surface area contributed by atoms with Crippen LogP contribution in [0.2, 0.25) is 0 Å². The monoisotopic (exact) mass is 459 g/mol. The Morgan fingerprint density at radius 2 is 1.94 bits per heavy atom. The average molecular weight is 459 g/mol. The summed E-state index contributed by atoms with van der Waals surface area (Å²) in [7, 11) is 1.83. The molecule has 3 aromatic heterocycles. The number of rotatable bonds is 5. The number of amides is 1. The van der Waals surface area contributed by atoms with Crippen LogP contribution in [0.3, 0.4) is 0 Å². The van der Waals surface area contributed by atoms with E-state index in [9.17, 15) is 18.0 Å². The molecule has 0 saturated heterocycles. The van der Waals surface area contributed by atoms with Crippen molar-refractivity contribution in [2.24, 2.45) is 0 Å². The van der Waals surface area contributed by atoms with Gasteiger partial charge in [0.1, 0.15) is 23.2 Å². The van der Waals surface area contributed by atoms with E-state index in [0.29, 0.717) is 41.4 Å². The van der Waals surface area contributed by atoms with Crippen LogP contribution in [0.4, 0.5) is 24.7 Å². The third-order valence-corrected chi connectivity index (χ3v) is 5.91. The molecule has 33 heavy (non-hydrogen) atoms. The number of hydrogen-bond acceptors (Lipinski definition) is 6. The molecule has 0 bridgehead atoms. The number of carbonyl (C=O) groups excluding carboxylic acids is 1. The molecule has 0 aliphatic carbocycles. The third-order valence-electron chi connectivity index (χ3n) is 5.91. The molecule has 0 fully saturated rings. The summed E-state index contributed by atoms with van der Waals surface area (Å²) in [5.41, 5.74) is 2.01. The predicted molar refractivity (Wildman–Crippen MR) is 116 cm³/mol. The number of halogens is 3. The largest absolute Gasteiger partial charge is 0.433 e. The van der Waals surface area contributed by atoms with Gasteiger partial charge in [0.25, 0.3) is 0 Å². The number of likely N-dealkylation sites (N-methyl/N-ethyl adjacent to an activating group) is 1. The van der Waals surface area contributed by atoms with Crippen molar-refractivity contribution < 1.29 is 18.0 Å². The van der Waals surface area contributed by atoms with E-state index in [1.54, 1.807) is 10.9 Å². The summed E-state index contributed by atoms with van der Waals surface area (Å²) in [4.78, 5) is 26.6. The number of fused-ring (bicyclic) bond motifs is 1. The third kappa shape index (κ3) is 4.53. The fourth-order valence-electron chi connectivity index (χ4n) is 3.66. The number of pyridine rings is 1. The number of aromatic nitrogens is 5. The molecule has 1 amide bonds. The number of hydrogen-bond donors (Lipinski definition) is 1. The van der Waals surface area contributed by atoms with Crippen molar-refractivity contribution in [1.29, 1.82) is 0 Å². The first-order valence-electron chi connectivity index (χ1n) is 10.5. The zero-order chi connectivity index (χ0) is 23.9.